The van der Waals surface area contributed by atoms with Crippen molar-refractivity contribution in [2.75, 3.05) is 20.1 Å². The van der Waals surface area contributed by atoms with E-state index in [0.717, 1.165) is 5.56 Å². The zero-order valence-electron chi connectivity index (χ0n) is 9.67. The SMILES string of the molecule is CNCCN=[N+]=NC(=O)OCc1ccccc1. The first-order chi connectivity index (χ1) is 8.33. The van der Waals surface area contributed by atoms with E-state index in [9.17, 15) is 4.79 Å². The number of likely N-dealkylation sites (N-methyl/N-ethyl adjacent to an activating group) is 1. The number of nitrogens with one attached hydrogen (secondary N) is 1. The molecule has 0 radical (unpaired) electrons. The molecule has 0 bridgehead atoms. The maximum Gasteiger partial charge on any atom is 0.512 e. The van der Waals surface area contributed by atoms with Crippen LogP contribution in [-0.4, -0.2) is 26.2 Å². The van der Waals surface area contributed by atoms with Gasteiger partial charge in [-0.3, -0.25) is 0 Å². The summed E-state index contributed by atoms with van der Waals surface area (Å²) in [5.41, 5.74) is 0.906. The van der Waals surface area contributed by atoms with E-state index in [1.54, 1.807) is 7.05 Å². The van der Waals surface area contributed by atoms with Gasteiger partial charge in [0, 0.05) is 6.54 Å². The molecule has 0 aliphatic carbocycles. The first-order valence-electron chi connectivity index (χ1n) is 5.25. The summed E-state index contributed by atoms with van der Waals surface area (Å²) < 4.78 is 4.86. The van der Waals surface area contributed by atoms with Gasteiger partial charge in [0.1, 0.15) is 18.3 Å². The molecule has 6 nitrogen and oxygen atoms in total. The minimum atomic E-state index is -0.734. The summed E-state index contributed by atoms with van der Waals surface area (Å²) in [6.07, 6.45) is -0.734. The molecule has 1 rings (SSSR count). The van der Waals surface area contributed by atoms with Gasteiger partial charge >= 0.3 is 6.09 Å². The smallest absolute Gasteiger partial charge is 0.439 e. The molecule has 0 heterocycles. The number of carbonyl (C=O) groups excluding carboxylic acids is 1. The maximum absolute atomic E-state index is 11.1. The Hall–Kier alpha value is -2.04. The van der Waals surface area contributed by atoms with Crippen LogP contribution < -0.4 is 10.2 Å². The van der Waals surface area contributed by atoms with E-state index in [1.165, 1.54) is 0 Å². The van der Waals surface area contributed by atoms with E-state index in [4.69, 9.17) is 4.74 Å². The average molecular weight is 235 g/mol. The van der Waals surface area contributed by atoms with E-state index in [1.807, 2.05) is 30.3 Å². The molecule has 1 aromatic carbocycles. The molecule has 0 aliphatic heterocycles. The van der Waals surface area contributed by atoms with Crippen LogP contribution in [-0.2, 0) is 11.3 Å². The quantitative estimate of drug-likeness (QED) is 0.477. The number of amides is 1. The van der Waals surface area contributed by atoms with Crippen molar-refractivity contribution in [2.45, 2.75) is 6.61 Å². The van der Waals surface area contributed by atoms with Crippen LogP contribution >= 0.6 is 0 Å². The second-order valence-electron chi connectivity index (χ2n) is 3.20. The van der Waals surface area contributed by atoms with Crippen LogP contribution in [0.5, 0.6) is 0 Å². The third kappa shape index (κ3) is 6.19. The zero-order valence-corrected chi connectivity index (χ0v) is 9.67. The van der Waals surface area contributed by atoms with E-state index < -0.39 is 6.09 Å². The zero-order chi connectivity index (χ0) is 12.3. The minimum Gasteiger partial charge on any atom is -0.439 e. The van der Waals surface area contributed by atoms with Crippen LogP contribution in [0, 0.1) is 0 Å². The monoisotopic (exact) mass is 235 g/mol. The lowest BCUT2D eigenvalue weighted by atomic mass is 10.2. The minimum absolute atomic E-state index is 0.190. The first-order valence-corrected chi connectivity index (χ1v) is 5.25. The highest BCUT2D eigenvalue weighted by molar-refractivity contribution is 5.67. The van der Waals surface area contributed by atoms with E-state index >= 15 is 0 Å². The molecule has 1 aromatic rings. The van der Waals surface area contributed by atoms with Crippen molar-refractivity contribution < 1.29 is 9.53 Å². The predicted octanol–water partition coefficient (Wildman–Crippen LogP) is 1.51. The van der Waals surface area contributed by atoms with Crippen molar-refractivity contribution >= 4 is 6.09 Å². The van der Waals surface area contributed by atoms with Crippen molar-refractivity contribution in [3.05, 3.63) is 35.9 Å². The molecule has 0 unspecified atom stereocenters. The fraction of sp³-hybridized carbons (Fsp3) is 0.364. The molecule has 0 atom stereocenters. The molecule has 0 fully saturated rings. The molecule has 17 heavy (non-hydrogen) atoms. The highest BCUT2D eigenvalue weighted by atomic mass is 16.5. The normalized spacial score (nSPS) is 9.24. The highest BCUT2D eigenvalue weighted by Crippen LogP contribution is 2.00. The van der Waals surface area contributed by atoms with Gasteiger partial charge in [-0.25, -0.2) is 4.79 Å². The molecule has 0 aromatic heterocycles. The van der Waals surface area contributed by atoms with Crippen molar-refractivity contribution in [3.8, 4) is 0 Å². The fourth-order valence-electron chi connectivity index (χ4n) is 1.02. The number of nitrogens with zero attached hydrogens (tertiary/aromatic N) is 3. The van der Waals surface area contributed by atoms with Gasteiger partial charge in [-0.1, -0.05) is 30.3 Å². The molecule has 0 saturated carbocycles. The molecule has 6 heteroatoms. The number of hydrogen-bond donors (Lipinski definition) is 1. The van der Waals surface area contributed by atoms with Gasteiger partial charge in [-0.05, 0) is 12.6 Å². The molecular weight excluding hydrogens is 220 g/mol. The third-order valence-corrected chi connectivity index (χ3v) is 1.86. The van der Waals surface area contributed by atoms with E-state index in [2.05, 4.69) is 20.5 Å². The number of rotatable bonds is 5. The van der Waals surface area contributed by atoms with Crippen LogP contribution in [0.2, 0.25) is 0 Å². The number of carbonyl (C=O) groups is 1. The van der Waals surface area contributed by atoms with E-state index in [0.29, 0.717) is 13.1 Å². The van der Waals surface area contributed by atoms with E-state index in [-0.39, 0.29) is 6.61 Å². The lowest BCUT2D eigenvalue weighted by Gasteiger charge is -1.97. The molecule has 0 saturated heterocycles. The van der Waals surface area contributed by atoms with Crippen LogP contribution in [0.4, 0.5) is 4.79 Å². The Morgan fingerprint density at radius 3 is 2.88 bits per heavy atom. The largest absolute Gasteiger partial charge is 0.512 e. The van der Waals surface area contributed by atoms with Gasteiger partial charge in [0.25, 0.3) is 0 Å². The summed E-state index contributed by atoms with van der Waals surface area (Å²) >= 11 is 0. The molecule has 90 valence electrons. The van der Waals surface area contributed by atoms with Crippen LogP contribution in [0.25, 0.3) is 0 Å². The number of ether oxygens (including phenoxy) is 1. The first kappa shape index (κ1) is 13.0. The van der Waals surface area contributed by atoms with Gasteiger partial charge < -0.3 is 10.1 Å². The Kier molecular flexibility index (Phi) is 6.25. The molecule has 0 spiro atoms. The van der Waals surface area contributed by atoms with Crippen LogP contribution in [0.1, 0.15) is 5.56 Å². The predicted molar refractivity (Wildman–Crippen MR) is 62.4 cm³/mol. The Labute approximate surface area is 99.4 Å². The standard InChI is InChI=1S/C11H15N4O2/c1-12-7-8-13-15-14-11(16)17-9-10-5-3-2-4-6-10/h2-6,12H,7-9H2,1H3/q+1. The second kappa shape index (κ2) is 8.15. The second-order valence-corrected chi connectivity index (χ2v) is 3.20. The summed E-state index contributed by atoms with van der Waals surface area (Å²) in [6.45, 7) is 1.36. The van der Waals surface area contributed by atoms with Crippen molar-refractivity contribution in [1.29, 1.82) is 0 Å². The summed E-state index contributed by atoms with van der Waals surface area (Å²) in [4.78, 5) is 14.4. The molecule has 0 aliphatic rings. The topological polar surface area (TPSA) is 77.2 Å². The summed E-state index contributed by atoms with van der Waals surface area (Å²) in [5, 5.41) is 9.82. The van der Waals surface area contributed by atoms with Crippen molar-refractivity contribution in [1.82, 2.24) is 10.2 Å². The third-order valence-electron chi connectivity index (χ3n) is 1.86. The van der Waals surface area contributed by atoms with Gasteiger partial charge in [0.05, 0.1) is 0 Å². The summed E-state index contributed by atoms with van der Waals surface area (Å²) in [5.74, 6) is 0. The summed E-state index contributed by atoms with van der Waals surface area (Å²) in [7, 11) is 1.81. The maximum atomic E-state index is 11.1. The Balaban J connectivity index is 2.28. The molecule has 1 amide bonds. The van der Waals surface area contributed by atoms with Crippen molar-refractivity contribution in [2.24, 2.45) is 10.2 Å². The van der Waals surface area contributed by atoms with Crippen LogP contribution in [0.3, 0.4) is 0 Å². The molecule has 1 N–H and O–H groups in total. The van der Waals surface area contributed by atoms with Crippen LogP contribution in [0.15, 0.2) is 40.6 Å². The summed E-state index contributed by atoms with van der Waals surface area (Å²) in [6, 6.07) is 9.37. The Morgan fingerprint density at radius 2 is 2.18 bits per heavy atom. The van der Waals surface area contributed by atoms with Gasteiger partial charge in [0.2, 0.25) is 10.0 Å². The lowest BCUT2D eigenvalue weighted by molar-refractivity contribution is 0.148. The fourth-order valence-corrected chi connectivity index (χ4v) is 1.02. The van der Waals surface area contributed by atoms with Gasteiger partial charge in [0.15, 0.2) is 0 Å². The molecular formula is C11H15N4O2+. The van der Waals surface area contributed by atoms with Crippen molar-refractivity contribution in [3.63, 3.8) is 0 Å². The number of benzene rings is 1. The Bertz CT molecular complexity index is 399. The number of hydrogen-bond acceptors (Lipinski definition) is 4. The highest BCUT2D eigenvalue weighted by Gasteiger charge is 2.06. The van der Waals surface area contributed by atoms with Gasteiger partial charge in [-0.15, -0.1) is 0 Å². The average Bonchev–Trinajstić information content (AvgIpc) is 2.37. The lowest BCUT2D eigenvalue weighted by Crippen LogP contribution is -2.10. The Morgan fingerprint density at radius 1 is 1.41 bits per heavy atom. The van der Waals surface area contributed by atoms with Gasteiger partial charge in [-0.2, -0.15) is 0 Å².